The minimum atomic E-state index is -0.983. The molecule has 1 unspecified atom stereocenters. The van der Waals surface area contributed by atoms with Crippen molar-refractivity contribution < 1.29 is 24.2 Å². The summed E-state index contributed by atoms with van der Waals surface area (Å²) in [5, 5.41) is 13.5. The van der Waals surface area contributed by atoms with Crippen LogP contribution in [0.3, 0.4) is 0 Å². The Balaban J connectivity index is 1.45. The third-order valence-electron chi connectivity index (χ3n) is 5.79. The van der Waals surface area contributed by atoms with Crippen molar-refractivity contribution in [2.45, 2.75) is 26.0 Å². The highest BCUT2D eigenvalue weighted by atomic mass is 79.9. The number of aliphatic carboxylic acids is 1. The summed E-state index contributed by atoms with van der Waals surface area (Å²) in [5.41, 5.74) is 4.07. The fraction of sp³-hybridized carbons (Fsp3) is 0.250. The molecule has 0 saturated carbocycles. The molecule has 0 aliphatic carbocycles. The molecule has 1 heterocycles. The number of nitrogens with zero attached hydrogens (tertiary/aromatic N) is 2. The van der Waals surface area contributed by atoms with Crippen molar-refractivity contribution >= 4 is 49.2 Å². The summed E-state index contributed by atoms with van der Waals surface area (Å²) >= 11 is 4.67. The molecule has 0 amide bonds. The molecule has 198 valence electrons. The van der Waals surface area contributed by atoms with Crippen LogP contribution in [0.25, 0.3) is 10.2 Å². The molecule has 10 heteroatoms. The van der Waals surface area contributed by atoms with E-state index in [0.29, 0.717) is 31.2 Å². The standard InChI is InChI=1S/C28H27BrN2O6S/c1-3-36-24(27(32)33)15-18-7-10-22(11-8-18)37-14-13-31-23-12-9-20(17-25(23)38-28(31)34)26(30-35-2)19-5-4-6-21(29)16-19/h4-12,16-17,24H,3,13-15H2,1-2H3,(H,32,33). The van der Waals surface area contributed by atoms with Crippen molar-refractivity contribution in [2.24, 2.45) is 5.16 Å². The summed E-state index contributed by atoms with van der Waals surface area (Å²) in [6.07, 6.45) is -0.600. The fourth-order valence-corrected chi connectivity index (χ4v) is 5.39. The van der Waals surface area contributed by atoms with Crippen molar-refractivity contribution in [1.29, 1.82) is 0 Å². The predicted octanol–water partition coefficient (Wildman–Crippen LogP) is 5.34. The van der Waals surface area contributed by atoms with Crippen LogP contribution in [-0.4, -0.2) is 47.8 Å². The molecule has 38 heavy (non-hydrogen) atoms. The molecule has 4 rings (SSSR count). The third kappa shape index (κ3) is 6.69. The second-order valence-electron chi connectivity index (χ2n) is 8.31. The second-order valence-corrected chi connectivity index (χ2v) is 10.2. The second kappa shape index (κ2) is 12.9. The Hall–Kier alpha value is -3.47. The number of halogens is 1. The molecule has 0 fully saturated rings. The van der Waals surface area contributed by atoms with Gasteiger partial charge in [-0.05, 0) is 48.9 Å². The number of oxime groups is 1. The molecular formula is C28H27BrN2O6S. The number of hydrogen-bond acceptors (Lipinski definition) is 7. The third-order valence-corrected chi connectivity index (χ3v) is 7.23. The van der Waals surface area contributed by atoms with Crippen molar-refractivity contribution in [3.63, 3.8) is 0 Å². The van der Waals surface area contributed by atoms with Gasteiger partial charge in [0.05, 0.1) is 16.8 Å². The molecule has 0 bridgehead atoms. The first kappa shape index (κ1) is 27.6. The molecule has 1 aromatic heterocycles. The number of rotatable bonds is 12. The van der Waals surface area contributed by atoms with Gasteiger partial charge in [0.2, 0.25) is 0 Å². The molecule has 1 N–H and O–H groups in total. The van der Waals surface area contributed by atoms with Crippen LogP contribution >= 0.6 is 27.3 Å². The SMILES string of the molecule is CCOC(Cc1ccc(OCCn2c(=O)sc3cc(C(=NOC)c4cccc(Br)c4)ccc32)cc1)C(=O)O. The molecular weight excluding hydrogens is 572 g/mol. The van der Waals surface area contributed by atoms with Crippen molar-refractivity contribution in [3.05, 3.63) is 97.6 Å². The minimum absolute atomic E-state index is 0.0700. The van der Waals surface area contributed by atoms with E-state index in [1.807, 2.05) is 54.6 Å². The van der Waals surface area contributed by atoms with E-state index in [4.69, 9.17) is 14.3 Å². The number of fused-ring (bicyclic) bond motifs is 1. The quantitative estimate of drug-likeness (QED) is 0.175. The highest BCUT2D eigenvalue weighted by Gasteiger charge is 2.18. The topological polar surface area (TPSA) is 99.4 Å². The van der Waals surface area contributed by atoms with Crippen molar-refractivity contribution in [3.8, 4) is 5.75 Å². The number of carboxylic acid groups (broad SMARTS) is 1. The van der Waals surface area contributed by atoms with E-state index < -0.39 is 12.1 Å². The number of carbonyl (C=O) groups is 1. The number of aromatic nitrogens is 1. The monoisotopic (exact) mass is 598 g/mol. The van der Waals surface area contributed by atoms with E-state index in [-0.39, 0.29) is 11.3 Å². The van der Waals surface area contributed by atoms with Crippen molar-refractivity contribution in [2.75, 3.05) is 20.3 Å². The molecule has 0 aliphatic rings. The Labute approximate surface area is 232 Å². The molecule has 0 spiro atoms. The lowest BCUT2D eigenvalue weighted by Gasteiger charge is -2.13. The van der Waals surface area contributed by atoms with Crippen LogP contribution in [0.5, 0.6) is 5.75 Å². The number of carboxylic acids is 1. The van der Waals surface area contributed by atoms with Crippen LogP contribution in [-0.2, 0) is 27.3 Å². The van der Waals surface area contributed by atoms with Gasteiger partial charge in [-0.3, -0.25) is 9.36 Å². The van der Waals surface area contributed by atoms with Gasteiger partial charge in [-0.25, -0.2) is 4.79 Å². The first-order valence-electron chi connectivity index (χ1n) is 12.0. The van der Waals surface area contributed by atoms with Gasteiger partial charge in [-0.2, -0.15) is 0 Å². The smallest absolute Gasteiger partial charge is 0.333 e. The van der Waals surface area contributed by atoms with Gasteiger partial charge < -0.3 is 19.4 Å². The molecule has 0 saturated heterocycles. The van der Waals surface area contributed by atoms with Gasteiger partial charge in [0.15, 0.2) is 6.10 Å². The molecule has 0 aliphatic heterocycles. The lowest BCUT2D eigenvalue weighted by atomic mass is 10.0. The number of ether oxygens (including phenoxy) is 2. The zero-order valence-corrected chi connectivity index (χ0v) is 23.3. The van der Waals surface area contributed by atoms with Gasteiger partial charge >= 0.3 is 10.8 Å². The number of benzene rings is 3. The predicted molar refractivity (Wildman–Crippen MR) is 152 cm³/mol. The van der Waals surface area contributed by atoms with Gasteiger partial charge in [0.1, 0.15) is 25.2 Å². The number of hydrogen-bond donors (Lipinski definition) is 1. The lowest BCUT2D eigenvalue weighted by Crippen LogP contribution is -2.26. The summed E-state index contributed by atoms with van der Waals surface area (Å²) in [7, 11) is 1.51. The Morgan fingerprint density at radius 3 is 2.55 bits per heavy atom. The van der Waals surface area contributed by atoms with Crippen LogP contribution in [0.1, 0.15) is 23.6 Å². The zero-order chi connectivity index (χ0) is 27.1. The van der Waals surface area contributed by atoms with Gasteiger partial charge in [-0.15, -0.1) is 0 Å². The fourth-order valence-electron chi connectivity index (χ4n) is 4.03. The minimum Gasteiger partial charge on any atom is -0.492 e. The van der Waals surface area contributed by atoms with Crippen LogP contribution in [0.2, 0.25) is 0 Å². The molecule has 4 aromatic rings. The van der Waals surface area contributed by atoms with E-state index >= 15 is 0 Å². The molecule has 1 atom stereocenters. The van der Waals surface area contributed by atoms with Crippen molar-refractivity contribution in [1.82, 2.24) is 4.57 Å². The maximum absolute atomic E-state index is 12.8. The van der Waals surface area contributed by atoms with Gasteiger partial charge in [0.25, 0.3) is 0 Å². The van der Waals surface area contributed by atoms with E-state index in [1.54, 1.807) is 23.6 Å². The first-order valence-corrected chi connectivity index (χ1v) is 13.6. The molecule has 8 nitrogen and oxygen atoms in total. The largest absolute Gasteiger partial charge is 0.492 e. The maximum atomic E-state index is 12.8. The van der Waals surface area contributed by atoms with Crippen LogP contribution in [0.15, 0.2) is 81.2 Å². The highest BCUT2D eigenvalue weighted by Crippen LogP contribution is 2.23. The average Bonchev–Trinajstić information content (AvgIpc) is 3.22. The Bertz CT molecular complexity index is 1500. The zero-order valence-electron chi connectivity index (χ0n) is 20.9. The Morgan fingerprint density at radius 1 is 1.11 bits per heavy atom. The van der Waals surface area contributed by atoms with Gasteiger partial charge in [0, 0.05) is 28.6 Å². The van der Waals surface area contributed by atoms with Crippen LogP contribution in [0, 0.1) is 0 Å². The highest BCUT2D eigenvalue weighted by molar-refractivity contribution is 9.10. The van der Waals surface area contributed by atoms with E-state index in [2.05, 4.69) is 21.1 Å². The van der Waals surface area contributed by atoms with Crippen LogP contribution in [0.4, 0.5) is 0 Å². The van der Waals surface area contributed by atoms with E-state index in [9.17, 15) is 14.7 Å². The number of thiazole rings is 1. The summed E-state index contributed by atoms with van der Waals surface area (Å²) < 4.78 is 14.6. The van der Waals surface area contributed by atoms with Gasteiger partial charge in [-0.1, -0.05) is 62.8 Å². The maximum Gasteiger partial charge on any atom is 0.333 e. The van der Waals surface area contributed by atoms with E-state index in [0.717, 1.165) is 31.4 Å². The summed E-state index contributed by atoms with van der Waals surface area (Å²) in [5.74, 6) is -0.343. The summed E-state index contributed by atoms with van der Waals surface area (Å²) in [4.78, 5) is 29.1. The normalized spacial score (nSPS) is 12.4. The average molecular weight is 600 g/mol. The Kier molecular flexibility index (Phi) is 9.33. The first-order chi connectivity index (χ1) is 18.4. The summed E-state index contributed by atoms with van der Waals surface area (Å²) in [6, 6.07) is 20.8. The van der Waals surface area contributed by atoms with E-state index in [1.165, 1.54) is 18.4 Å². The Morgan fingerprint density at radius 2 is 1.87 bits per heavy atom. The molecule has 0 radical (unpaired) electrons. The van der Waals surface area contributed by atoms with Crippen LogP contribution < -0.4 is 9.61 Å². The molecule has 3 aromatic carbocycles. The lowest BCUT2D eigenvalue weighted by molar-refractivity contribution is -0.149. The summed E-state index contributed by atoms with van der Waals surface area (Å²) in [6.45, 7) is 2.79.